The topological polar surface area (TPSA) is 229 Å². The number of hydrogen-bond acceptors (Lipinski definition) is 12. The fourth-order valence-corrected chi connectivity index (χ4v) is 0. The van der Waals surface area contributed by atoms with Crippen molar-refractivity contribution in [3.05, 3.63) is 0 Å². The van der Waals surface area contributed by atoms with Crippen LogP contribution in [0, 0.1) is 0 Å². The van der Waals surface area contributed by atoms with Gasteiger partial charge in [0.05, 0.1) is 0 Å². The quantitative estimate of drug-likeness (QED) is 0.308. The molecule has 0 amide bonds. The van der Waals surface area contributed by atoms with Gasteiger partial charge in [0, 0.05) is 0 Å². The van der Waals surface area contributed by atoms with E-state index in [0.717, 1.165) is 0 Å². The molecule has 0 aromatic rings. The van der Waals surface area contributed by atoms with Crippen molar-refractivity contribution < 1.29 is 143 Å². The Bertz CT molecular complexity index is 298. The van der Waals surface area contributed by atoms with E-state index < -0.39 is 61.6 Å². The first-order valence-corrected chi connectivity index (χ1v) is 9.03. The molecule has 0 unspecified atom stereocenters. The molecule has 0 aliphatic carbocycles. The summed E-state index contributed by atoms with van der Waals surface area (Å²) in [6.45, 7) is 0. The van der Waals surface area contributed by atoms with Gasteiger partial charge in [-0.3, -0.25) is 0 Å². The standard InChI is InChI=1S/Fe.Li.12O.4V/q+3;+1;;;;;;;;;4*-1;;;;. The average molecular weight is 459 g/mol. The van der Waals surface area contributed by atoms with Gasteiger partial charge in [-0.1, -0.05) is 0 Å². The summed E-state index contributed by atoms with van der Waals surface area (Å²) in [5.74, 6) is 0. The predicted octanol–water partition coefficient (Wildman–Crippen LogP) is -8.71. The Kier molecular flexibility index (Phi) is 63.6. The molecule has 1 radical (unpaired) electrons. The van der Waals surface area contributed by atoms with Gasteiger partial charge >= 0.3 is 143 Å². The Labute approximate surface area is 141 Å². The Morgan fingerprint density at radius 1 is 0.444 bits per heavy atom. The number of rotatable bonds is 0. The molecule has 0 heterocycles. The van der Waals surface area contributed by atoms with E-state index in [1.54, 1.807) is 0 Å². The first-order chi connectivity index (χ1) is 6.93. The maximum absolute atomic E-state index is 8.56. The maximum atomic E-state index is 8.56. The van der Waals surface area contributed by atoms with Crippen LogP contribution in [0.5, 0.6) is 0 Å². The van der Waals surface area contributed by atoms with Crippen molar-refractivity contribution in [3.63, 3.8) is 0 Å². The fourth-order valence-electron chi connectivity index (χ4n) is 0. The van der Waals surface area contributed by atoms with Crippen LogP contribution in [-0.2, 0) is 108 Å². The summed E-state index contributed by atoms with van der Waals surface area (Å²) in [7, 11) is 0. The van der Waals surface area contributed by atoms with E-state index in [1.165, 1.54) is 0 Å². The van der Waals surface area contributed by atoms with Gasteiger partial charge in [-0.05, 0) is 0 Å². The normalized spacial score (nSPS) is 5.56. The van der Waals surface area contributed by atoms with E-state index in [0.29, 0.717) is 0 Å². The summed E-state index contributed by atoms with van der Waals surface area (Å²) in [6.07, 6.45) is 0. The van der Waals surface area contributed by atoms with Crippen molar-refractivity contribution in [2.75, 3.05) is 0 Å². The van der Waals surface area contributed by atoms with E-state index in [-0.39, 0.29) is 35.9 Å². The van der Waals surface area contributed by atoms with E-state index in [4.69, 9.17) is 45.5 Å². The summed E-state index contributed by atoms with van der Waals surface area (Å²) in [5, 5.41) is 0. The van der Waals surface area contributed by atoms with Crippen LogP contribution in [0.15, 0.2) is 0 Å². The van der Waals surface area contributed by atoms with Crippen LogP contribution >= 0.6 is 0 Å². The van der Waals surface area contributed by atoms with Crippen LogP contribution in [0.2, 0.25) is 0 Å². The van der Waals surface area contributed by atoms with Gasteiger partial charge in [0.25, 0.3) is 0 Å². The van der Waals surface area contributed by atoms with E-state index in [2.05, 4.69) is 0 Å². The minimum atomic E-state index is -3.94. The summed E-state index contributed by atoms with van der Waals surface area (Å²) < 4.78 is 103. The summed E-state index contributed by atoms with van der Waals surface area (Å²) in [5.41, 5.74) is 0. The Balaban J connectivity index is -0.0000000257. The van der Waals surface area contributed by atoms with Crippen molar-refractivity contribution in [2.24, 2.45) is 0 Å². The first kappa shape index (κ1) is 36.7. The molecule has 0 rings (SSSR count). The first-order valence-electron chi connectivity index (χ1n) is 2.19. The van der Waals surface area contributed by atoms with Gasteiger partial charge in [0.15, 0.2) is 0 Å². The van der Waals surface area contributed by atoms with Crippen LogP contribution in [0.4, 0.5) is 0 Å². The second-order valence-electron chi connectivity index (χ2n) is 0.894. The molecule has 0 aromatic heterocycles. The average Bonchev–Trinajstić information content (AvgIpc) is 1.76. The zero-order chi connectivity index (χ0) is 14.3. The second kappa shape index (κ2) is 31.2. The third kappa shape index (κ3) is 1720. The third-order valence-electron chi connectivity index (χ3n) is 0. The second-order valence-corrected chi connectivity index (χ2v) is 3.69. The molecule has 0 atom stereocenters. The molecule has 0 bridgehead atoms. The van der Waals surface area contributed by atoms with Crippen LogP contribution in [-0.4, -0.2) is 0 Å². The fraction of sp³-hybridized carbons (Fsp3) is 0. The molecule has 0 aromatic carbocycles. The van der Waals surface area contributed by atoms with Gasteiger partial charge in [0.1, 0.15) is 0 Å². The van der Waals surface area contributed by atoms with Crippen molar-refractivity contribution in [3.8, 4) is 0 Å². The van der Waals surface area contributed by atoms with Gasteiger partial charge in [-0.2, -0.15) is 0 Å². The summed E-state index contributed by atoms with van der Waals surface area (Å²) in [4.78, 5) is 0. The van der Waals surface area contributed by atoms with Gasteiger partial charge in [0.2, 0.25) is 0 Å². The molecule has 0 fully saturated rings. The summed E-state index contributed by atoms with van der Waals surface area (Å²) in [6, 6.07) is 0. The van der Waals surface area contributed by atoms with Gasteiger partial charge < -0.3 is 0 Å². The van der Waals surface area contributed by atoms with Crippen molar-refractivity contribution in [2.45, 2.75) is 0 Å². The minimum absolute atomic E-state index is 0. The van der Waals surface area contributed by atoms with Gasteiger partial charge in [-0.15, -0.1) is 0 Å². The molecule has 0 saturated carbocycles. The third-order valence-corrected chi connectivity index (χ3v) is 0. The monoisotopic (exact) mass is 459 g/mol. The van der Waals surface area contributed by atoms with E-state index in [9.17, 15) is 0 Å². The van der Waals surface area contributed by atoms with Crippen molar-refractivity contribution >= 4 is 0 Å². The number of hydrogen-bond donors (Lipinski definition) is 0. The molecule has 101 valence electrons. The van der Waals surface area contributed by atoms with Crippen molar-refractivity contribution in [1.29, 1.82) is 0 Å². The molecular weight excluding hydrogens is 459 g/mol. The Morgan fingerprint density at radius 3 is 0.444 bits per heavy atom. The molecular formula is FeLiO12V4. The molecule has 0 aliphatic rings. The van der Waals surface area contributed by atoms with E-state index in [1.807, 2.05) is 0 Å². The summed E-state index contributed by atoms with van der Waals surface area (Å²) >= 11 is -15.8. The van der Waals surface area contributed by atoms with Crippen molar-refractivity contribution in [1.82, 2.24) is 0 Å². The predicted molar refractivity (Wildman–Crippen MR) is 5.49 cm³/mol. The molecule has 0 saturated heterocycles. The van der Waals surface area contributed by atoms with Crippen LogP contribution in [0.25, 0.3) is 0 Å². The van der Waals surface area contributed by atoms with Gasteiger partial charge in [-0.25, -0.2) is 0 Å². The van der Waals surface area contributed by atoms with Crippen LogP contribution < -0.4 is 35.0 Å². The van der Waals surface area contributed by atoms with Crippen LogP contribution in [0.3, 0.4) is 0 Å². The molecule has 12 nitrogen and oxygen atoms in total. The molecule has 0 spiro atoms. The van der Waals surface area contributed by atoms with E-state index >= 15 is 0 Å². The molecule has 18 heavy (non-hydrogen) atoms. The Hall–Kier alpha value is 1.69. The molecule has 0 N–H and O–H groups in total. The Morgan fingerprint density at radius 2 is 0.444 bits per heavy atom. The zero-order valence-corrected chi connectivity index (χ0v) is 14.7. The molecule has 0 aliphatic heterocycles. The zero-order valence-electron chi connectivity index (χ0n) is 8.04. The SMILES string of the molecule is [Fe+3].[Li+].[O]=[V](=[O])[O-].[O]=[V](=[O])[O-].[O]=[V](=[O])[O-].[O]=[V](=[O])[O-]. The van der Waals surface area contributed by atoms with Crippen LogP contribution in [0.1, 0.15) is 0 Å². The molecule has 18 heteroatoms.